The maximum atomic E-state index is 8.88. The van der Waals surface area contributed by atoms with Gasteiger partial charge in [0, 0.05) is 11.4 Å². The van der Waals surface area contributed by atoms with Crippen LogP contribution in [0.3, 0.4) is 0 Å². The third-order valence-corrected chi connectivity index (χ3v) is 2.66. The van der Waals surface area contributed by atoms with Gasteiger partial charge in [-0.15, -0.1) is 0 Å². The lowest BCUT2D eigenvalue weighted by molar-refractivity contribution is 1.47. The third-order valence-electron chi connectivity index (χ3n) is 2.33. The van der Waals surface area contributed by atoms with Crippen LogP contribution in [0, 0.1) is 11.3 Å². The van der Waals surface area contributed by atoms with Crippen molar-refractivity contribution in [1.29, 1.82) is 5.26 Å². The average Bonchev–Trinajstić information content (AvgIpc) is 2.34. The molecular formula is C13H10ClN3. The monoisotopic (exact) mass is 243 g/mol. The minimum atomic E-state index is 0.446. The molecule has 0 saturated heterocycles. The van der Waals surface area contributed by atoms with Gasteiger partial charge in [-0.2, -0.15) is 5.26 Å². The molecule has 0 amide bonds. The van der Waals surface area contributed by atoms with Crippen LogP contribution < -0.4 is 11.1 Å². The fourth-order valence-corrected chi connectivity index (χ4v) is 1.63. The lowest BCUT2D eigenvalue weighted by atomic mass is 10.1. The van der Waals surface area contributed by atoms with Crippen LogP contribution in [0.15, 0.2) is 42.5 Å². The summed E-state index contributed by atoms with van der Waals surface area (Å²) in [5.74, 6) is 0. The predicted octanol–water partition coefficient (Wildman–Crippen LogP) is 3.54. The molecule has 0 fully saturated rings. The van der Waals surface area contributed by atoms with Gasteiger partial charge in [0.25, 0.3) is 0 Å². The number of hydrogen-bond acceptors (Lipinski definition) is 3. The van der Waals surface area contributed by atoms with Crippen molar-refractivity contribution in [2.24, 2.45) is 0 Å². The first-order valence-electron chi connectivity index (χ1n) is 5.02. The Kier molecular flexibility index (Phi) is 3.17. The van der Waals surface area contributed by atoms with Crippen LogP contribution in [-0.2, 0) is 0 Å². The second-order valence-corrected chi connectivity index (χ2v) is 3.93. The van der Waals surface area contributed by atoms with Gasteiger partial charge in [-0.05, 0) is 30.3 Å². The second kappa shape index (κ2) is 4.77. The number of rotatable bonds is 2. The lowest BCUT2D eigenvalue weighted by Gasteiger charge is -2.09. The van der Waals surface area contributed by atoms with Gasteiger partial charge in [0.05, 0.1) is 16.3 Å². The summed E-state index contributed by atoms with van der Waals surface area (Å²) < 4.78 is 0. The molecule has 0 saturated carbocycles. The number of nitrogens with two attached hydrogens (primary N) is 1. The van der Waals surface area contributed by atoms with Gasteiger partial charge in [0.15, 0.2) is 0 Å². The van der Waals surface area contributed by atoms with E-state index in [1.54, 1.807) is 24.3 Å². The number of nitrogens with zero attached hydrogens (tertiary/aromatic N) is 1. The van der Waals surface area contributed by atoms with Gasteiger partial charge in [-0.1, -0.05) is 23.7 Å². The van der Waals surface area contributed by atoms with Crippen LogP contribution in [0.5, 0.6) is 0 Å². The Hall–Kier alpha value is -2.18. The molecule has 0 spiro atoms. The third kappa shape index (κ3) is 2.49. The quantitative estimate of drug-likeness (QED) is 0.793. The Bertz CT molecular complexity index is 587. The smallest absolute Gasteiger partial charge is 0.101 e. The van der Waals surface area contributed by atoms with Crippen LogP contribution in [0.2, 0.25) is 5.02 Å². The predicted molar refractivity (Wildman–Crippen MR) is 70.3 cm³/mol. The van der Waals surface area contributed by atoms with E-state index in [9.17, 15) is 0 Å². The Labute approximate surface area is 104 Å². The molecule has 0 unspecified atom stereocenters. The van der Waals surface area contributed by atoms with Crippen molar-refractivity contribution < 1.29 is 0 Å². The summed E-state index contributed by atoms with van der Waals surface area (Å²) in [7, 11) is 0. The van der Waals surface area contributed by atoms with Crippen molar-refractivity contribution in [3.05, 3.63) is 53.1 Å². The maximum absolute atomic E-state index is 8.88. The van der Waals surface area contributed by atoms with E-state index in [2.05, 4.69) is 5.32 Å². The Balaban J connectivity index is 2.32. The van der Waals surface area contributed by atoms with Gasteiger partial charge in [0.1, 0.15) is 6.07 Å². The Morgan fingerprint density at radius 1 is 1.18 bits per heavy atom. The average molecular weight is 244 g/mol. The number of nitriles is 1. The molecule has 0 atom stereocenters. The first kappa shape index (κ1) is 11.3. The van der Waals surface area contributed by atoms with Crippen LogP contribution in [0.4, 0.5) is 17.1 Å². The largest absolute Gasteiger partial charge is 0.398 e. The van der Waals surface area contributed by atoms with Gasteiger partial charge >= 0.3 is 0 Å². The number of halogens is 1. The molecular weight excluding hydrogens is 234 g/mol. The molecule has 3 nitrogen and oxygen atoms in total. The minimum Gasteiger partial charge on any atom is -0.398 e. The highest BCUT2D eigenvalue weighted by molar-refractivity contribution is 6.33. The van der Waals surface area contributed by atoms with Crippen LogP contribution in [0.1, 0.15) is 5.56 Å². The van der Waals surface area contributed by atoms with Gasteiger partial charge < -0.3 is 11.1 Å². The molecule has 2 rings (SSSR count). The van der Waals surface area contributed by atoms with Crippen molar-refractivity contribution in [2.75, 3.05) is 11.1 Å². The molecule has 0 aliphatic heterocycles. The lowest BCUT2D eigenvalue weighted by Crippen LogP contribution is -1.94. The zero-order chi connectivity index (χ0) is 12.3. The van der Waals surface area contributed by atoms with Gasteiger partial charge in [-0.3, -0.25) is 0 Å². The highest BCUT2D eigenvalue weighted by Gasteiger charge is 2.02. The fraction of sp³-hybridized carbons (Fsp3) is 0. The van der Waals surface area contributed by atoms with E-state index >= 15 is 0 Å². The first-order chi connectivity index (χ1) is 8.20. The number of benzene rings is 2. The standard InChI is InChI=1S/C13H10ClN3/c14-11-3-1-2-4-13(11)17-10-5-6-12(16)9(7-10)8-15/h1-7,17H,16H2. The van der Waals surface area contributed by atoms with Crippen molar-refractivity contribution in [3.63, 3.8) is 0 Å². The SMILES string of the molecule is N#Cc1cc(Nc2ccccc2Cl)ccc1N. The zero-order valence-corrected chi connectivity index (χ0v) is 9.70. The van der Waals surface area contributed by atoms with Crippen LogP contribution >= 0.6 is 11.6 Å². The minimum absolute atomic E-state index is 0.446. The highest BCUT2D eigenvalue weighted by atomic mass is 35.5. The van der Waals surface area contributed by atoms with Crippen molar-refractivity contribution in [1.82, 2.24) is 0 Å². The summed E-state index contributed by atoms with van der Waals surface area (Å²) in [4.78, 5) is 0. The molecule has 4 heteroatoms. The van der Waals surface area contributed by atoms with Crippen molar-refractivity contribution in [3.8, 4) is 6.07 Å². The normalized spacial score (nSPS) is 9.65. The number of para-hydroxylation sites is 1. The van der Waals surface area contributed by atoms with E-state index < -0.39 is 0 Å². The zero-order valence-electron chi connectivity index (χ0n) is 8.94. The molecule has 0 aromatic heterocycles. The Morgan fingerprint density at radius 3 is 2.65 bits per heavy atom. The van der Waals surface area contributed by atoms with E-state index in [4.69, 9.17) is 22.6 Å². The number of anilines is 3. The van der Waals surface area contributed by atoms with Gasteiger partial charge in [0.2, 0.25) is 0 Å². The number of hydrogen-bond donors (Lipinski definition) is 2. The molecule has 0 radical (unpaired) electrons. The van der Waals surface area contributed by atoms with Crippen LogP contribution in [-0.4, -0.2) is 0 Å². The van der Waals surface area contributed by atoms with Crippen molar-refractivity contribution >= 4 is 28.7 Å². The van der Waals surface area contributed by atoms with E-state index in [-0.39, 0.29) is 0 Å². The molecule has 0 bridgehead atoms. The van der Waals surface area contributed by atoms with E-state index in [1.807, 2.05) is 24.3 Å². The van der Waals surface area contributed by atoms with Crippen molar-refractivity contribution in [2.45, 2.75) is 0 Å². The summed E-state index contributed by atoms with van der Waals surface area (Å²) in [6, 6.07) is 14.6. The van der Waals surface area contributed by atoms with E-state index in [0.29, 0.717) is 16.3 Å². The second-order valence-electron chi connectivity index (χ2n) is 3.52. The summed E-state index contributed by atoms with van der Waals surface area (Å²) in [6.45, 7) is 0. The molecule has 84 valence electrons. The van der Waals surface area contributed by atoms with E-state index in [0.717, 1.165) is 11.4 Å². The molecule has 17 heavy (non-hydrogen) atoms. The molecule has 0 aliphatic carbocycles. The fourth-order valence-electron chi connectivity index (χ4n) is 1.45. The molecule has 0 aliphatic rings. The van der Waals surface area contributed by atoms with Gasteiger partial charge in [-0.25, -0.2) is 0 Å². The first-order valence-corrected chi connectivity index (χ1v) is 5.39. The highest BCUT2D eigenvalue weighted by Crippen LogP contribution is 2.26. The Morgan fingerprint density at radius 2 is 1.94 bits per heavy atom. The van der Waals surface area contributed by atoms with E-state index in [1.165, 1.54) is 0 Å². The molecule has 2 aromatic rings. The molecule has 3 N–H and O–H groups in total. The molecule has 0 heterocycles. The summed E-state index contributed by atoms with van der Waals surface area (Å²) in [6.07, 6.45) is 0. The maximum Gasteiger partial charge on any atom is 0.101 e. The molecule has 2 aromatic carbocycles. The number of nitrogens with one attached hydrogen (secondary N) is 1. The topological polar surface area (TPSA) is 61.8 Å². The summed E-state index contributed by atoms with van der Waals surface area (Å²) in [5.41, 5.74) is 8.14. The van der Waals surface area contributed by atoms with Crippen LogP contribution in [0.25, 0.3) is 0 Å². The summed E-state index contributed by atoms with van der Waals surface area (Å²) >= 11 is 6.03. The number of nitrogen functional groups attached to an aromatic ring is 1. The summed E-state index contributed by atoms with van der Waals surface area (Å²) in [5, 5.41) is 12.6.